The maximum atomic E-state index is 12.5. The summed E-state index contributed by atoms with van der Waals surface area (Å²) >= 11 is 0. The maximum Gasteiger partial charge on any atom is 0.251 e. The van der Waals surface area contributed by atoms with Crippen LogP contribution in [0.4, 0.5) is 0 Å². The van der Waals surface area contributed by atoms with Gasteiger partial charge in [-0.15, -0.1) is 0 Å². The molecule has 1 aromatic carbocycles. The molecule has 2 aromatic rings. The van der Waals surface area contributed by atoms with E-state index < -0.39 is 11.7 Å². The minimum Gasteiger partial charge on any atom is -0.385 e. The van der Waals surface area contributed by atoms with E-state index in [1.807, 2.05) is 44.2 Å². The van der Waals surface area contributed by atoms with Crippen molar-refractivity contribution in [3.05, 3.63) is 41.6 Å². The van der Waals surface area contributed by atoms with Crippen LogP contribution < -0.4 is 0 Å². The molecule has 1 fully saturated rings. The lowest BCUT2D eigenvalue weighted by Gasteiger charge is -2.39. The Morgan fingerprint density at radius 2 is 2.04 bits per heavy atom. The van der Waals surface area contributed by atoms with Gasteiger partial charge in [0.25, 0.3) is 5.91 Å². The van der Waals surface area contributed by atoms with E-state index in [2.05, 4.69) is 4.98 Å². The first-order chi connectivity index (χ1) is 12.4. The second-order valence-electron chi connectivity index (χ2n) is 7.23. The zero-order valence-corrected chi connectivity index (χ0v) is 15.9. The summed E-state index contributed by atoms with van der Waals surface area (Å²) in [6.07, 6.45) is 1.54. The number of ether oxygens (including phenoxy) is 1. The smallest absolute Gasteiger partial charge is 0.251 e. The van der Waals surface area contributed by atoms with Crippen molar-refractivity contribution in [2.75, 3.05) is 19.7 Å². The molecule has 1 amide bonds. The highest BCUT2D eigenvalue weighted by molar-refractivity contribution is 5.81. The lowest BCUT2D eigenvalue weighted by atomic mass is 9.83. The molecule has 0 spiro atoms. The topological polar surface area (TPSA) is 62.7 Å². The first kappa shape index (κ1) is 18.8. The van der Waals surface area contributed by atoms with Crippen LogP contribution in [0.2, 0.25) is 0 Å². The van der Waals surface area contributed by atoms with Crippen LogP contribution in [0, 0.1) is 6.92 Å². The van der Waals surface area contributed by atoms with Gasteiger partial charge in [-0.3, -0.25) is 9.78 Å². The van der Waals surface area contributed by atoms with E-state index in [0.29, 0.717) is 32.5 Å². The van der Waals surface area contributed by atoms with Gasteiger partial charge in [-0.2, -0.15) is 0 Å². The average Bonchev–Trinajstić information content (AvgIpc) is 2.65. The van der Waals surface area contributed by atoms with E-state index in [4.69, 9.17) is 4.74 Å². The van der Waals surface area contributed by atoms with Gasteiger partial charge in [0.1, 0.15) is 6.10 Å². The van der Waals surface area contributed by atoms with E-state index in [-0.39, 0.29) is 5.91 Å². The van der Waals surface area contributed by atoms with E-state index in [0.717, 1.165) is 28.6 Å². The fourth-order valence-electron chi connectivity index (χ4n) is 3.53. The third-order valence-electron chi connectivity index (χ3n) is 5.19. The maximum absolute atomic E-state index is 12.5. The van der Waals surface area contributed by atoms with E-state index in [1.54, 1.807) is 11.8 Å². The molecule has 5 nitrogen and oxygen atoms in total. The van der Waals surface area contributed by atoms with Gasteiger partial charge in [-0.1, -0.05) is 19.1 Å². The van der Waals surface area contributed by atoms with Crippen LogP contribution in [0.1, 0.15) is 44.4 Å². The number of piperidine rings is 1. The second kappa shape index (κ2) is 7.72. The SMILES string of the molecule is CCCOC(C)C(=O)N1CCC(O)(c2ccc3nc(C)ccc3c2)CC1. The minimum atomic E-state index is -0.899. The van der Waals surface area contributed by atoms with Gasteiger partial charge in [-0.05, 0) is 56.9 Å². The van der Waals surface area contributed by atoms with Crippen LogP contribution in [0.3, 0.4) is 0 Å². The molecule has 1 atom stereocenters. The molecular formula is C21H28N2O3. The zero-order valence-electron chi connectivity index (χ0n) is 15.9. The highest BCUT2D eigenvalue weighted by atomic mass is 16.5. The number of pyridine rings is 1. The number of aryl methyl sites for hydroxylation is 1. The van der Waals surface area contributed by atoms with E-state index in [9.17, 15) is 9.90 Å². The lowest BCUT2D eigenvalue weighted by Crippen LogP contribution is -2.48. The Morgan fingerprint density at radius 1 is 1.31 bits per heavy atom. The Kier molecular flexibility index (Phi) is 5.58. The molecule has 0 saturated carbocycles. The lowest BCUT2D eigenvalue weighted by molar-refractivity contribution is -0.147. The van der Waals surface area contributed by atoms with E-state index in [1.165, 1.54) is 0 Å². The summed E-state index contributed by atoms with van der Waals surface area (Å²) in [4.78, 5) is 18.8. The van der Waals surface area contributed by atoms with Crippen molar-refractivity contribution in [1.29, 1.82) is 0 Å². The predicted molar refractivity (Wildman–Crippen MR) is 102 cm³/mol. The number of benzene rings is 1. The summed E-state index contributed by atoms with van der Waals surface area (Å²) in [6, 6.07) is 9.96. The summed E-state index contributed by atoms with van der Waals surface area (Å²) in [5.74, 6) is 0.0127. The number of hydrogen-bond donors (Lipinski definition) is 1. The average molecular weight is 356 g/mol. The van der Waals surface area contributed by atoms with Crippen LogP contribution in [0.25, 0.3) is 10.9 Å². The van der Waals surface area contributed by atoms with Crippen molar-refractivity contribution >= 4 is 16.8 Å². The highest BCUT2D eigenvalue weighted by Crippen LogP contribution is 2.34. The van der Waals surface area contributed by atoms with Gasteiger partial charge in [0.15, 0.2) is 0 Å². The molecule has 5 heteroatoms. The van der Waals surface area contributed by atoms with E-state index >= 15 is 0 Å². The Hall–Kier alpha value is -1.98. The number of carbonyl (C=O) groups is 1. The number of amides is 1. The predicted octanol–water partition coefficient (Wildman–Crippen LogP) is 3.17. The van der Waals surface area contributed by atoms with Gasteiger partial charge in [0, 0.05) is 30.8 Å². The number of aliphatic hydroxyl groups is 1. The number of likely N-dealkylation sites (tertiary alicyclic amines) is 1. The fraction of sp³-hybridized carbons (Fsp3) is 0.524. The van der Waals surface area contributed by atoms with Crippen molar-refractivity contribution in [2.24, 2.45) is 0 Å². The molecule has 3 rings (SSSR count). The number of fused-ring (bicyclic) bond motifs is 1. The van der Waals surface area contributed by atoms with Crippen LogP contribution >= 0.6 is 0 Å². The number of nitrogens with zero attached hydrogens (tertiary/aromatic N) is 2. The molecule has 0 aliphatic carbocycles. The first-order valence-electron chi connectivity index (χ1n) is 9.43. The summed E-state index contributed by atoms with van der Waals surface area (Å²) < 4.78 is 5.54. The number of rotatable bonds is 5. The molecule has 1 unspecified atom stereocenters. The fourth-order valence-corrected chi connectivity index (χ4v) is 3.53. The summed E-state index contributed by atoms with van der Waals surface area (Å²) in [7, 11) is 0. The molecule has 1 N–H and O–H groups in total. The molecule has 0 bridgehead atoms. The summed E-state index contributed by atoms with van der Waals surface area (Å²) in [5.41, 5.74) is 1.92. The Balaban J connectivity index is 1.69. The number of carbonyl (C=O) groups excluding carboxylic acids is 1. The molecule has 1 aliphatic rings. The third-order valence-corrected chi connectivity index (χ3v) is 5.19. The van der Waals surface area contributed by atoms with Crippen LogP contribution in [0.15, 0.2) is 30.3 Å². The summed E-state index contributed by atoms with van der Waals surface area (Å²) in [5, 5.41) is 12.2. The number of aromatic nitrogens is 1. The van der Waals surface area contributed by atoms with Crippen molar-refractivity contribution in [2.45, 2.75) is 51.7 Å². The van der Waals surface area contributed by atoms with Gasteiger partial charge < -0.3 is 14.7 Å². The molecular weight excluding hydrogens is 328 g/mol. The molecule has 140 valence electrons. The monoisotopic (exact) mass is 356 g/mol. The van der Waals surface area contributed by atoms with Gasteiger partial charge in [0.05, 0.1) is 11.1 Å². The van der Waals surface area contributed by atoms with Crippen molar-refractivity contribution in [3.8, 4) is 0 Å². The third kappa shape index (κ3) is 3.89. The Labute approximate surface area is 155 Å². The minimum absolute atomic E-state index is 0.0127. The standard InChI is InChI=1S/C21H28N2O3/c1-4-13-26-16(3)20(24)23-11-9-21(25,10-12-23)18-7-8-19-17(14-18)6-5-15(2)22-19/h5-8,14,16,25H,4,9-13H2,1-3H3. The number of hydrogen-bond acceptors (Lipinski definition) is 4. The molecule has 2 heterocycles. The normalized spacial score (nSPS) is 18.1. The van der Waals surface area contributed by atoms with Crippen molar-refractivity contribution < 1.29 is 14.6 Å². The van der Waals surface area contributed by atoms with Crippen molar-refractivity contribution in [1.82, 2.24) is 9.88 Å². The Bertz CT molecular complexity index is 782. The summed E-state index contributed by atoms with van der Waals surface area (Å²) in [6.45, 7) is 7.47. The largest absolute Gasteiger partial charge is 0.385 e. The van der Waals surface area contributed by atoms with Crippen LogP contribution in [-0.4, -0.2) is 46.7 Å². The van der Waals surface area contributed by atoms with Gasteiger partial charge >= 0.3 is 0 Å². The zero-order chi connectivity index (χ0) is 18.7. The molecule has 0 radical (unpaired) electrons. The van der Waals surface area contributed by atoms with Gasteiger partial charge in [-0.25, -0.2) is 0 Å². The second-order valence-corrected chi connectivity index (χ2v) is 7.23. The van der Waals surface area contributed by atoms with Crippen molar-refractivity contribution in [3.63, 3.8) is 0 Å². The molecule has 1 aliphatic heterocycles. The van der Waals surface area contributed by atoms with Crippen LogP contribution in [-0.2, 0) is 15.1 Å². The first-order valence-corrected chi connectivity index (χ1v) is 9.43. The molecule has 26 heavy (non-hydrogen) atoms. The van der Waals surface area contributed by atoms with Crippen LogP contribution in [0.5, 0.6) is 0 Å². The highest BCUT2D eigenvalue weighted by Gasteiger charge is 2.36. The molecule has 1 aromatic heterocycles. The van der Waals surface area contributed by atoms with Gasteiger partial charge in [0.2, 0.25) is 0 Å². The molecule has 1 saturated heterocycles. The Morgan fingerprint density at radius 3 is 2.73 bits per heavy atom. The quantitative estimate of drug-likeness (QED) is 0.894.